The first-order valence-corrected chi connectivity index (χ1v) is 8.25. The van der Waals surface area contributed by atoms with E-state index in [0.717, 1.165) is 0 Å². The molecule has 1 heterocycles. The molecule has 1 saturated heterocycles. The number of nitro benzene ring substituents is 1. The predicted octanol–water partition coefficient (Wildman–Crippen LogP) is 3.98. The Morgan fingerprint density at radius 2 is 1.78 bits per heavy atom. The number of aliphatic hydroxyl groups is 1. The topological polar surface area (TPSA) is 75.8 Å². The van der Waals surface area contributed by atoms with E-state index in [9.17, 15) is 28.4 Å². The number of hydrogen-bond acceptors (Lipinski definition) is 5. The van der Waals surface area contributed by atoms with Crippen molar-refractivity contribution in [3.05, 3.63) is 64.2 Å². The van der Waals surface area contributed by atoms with Gasteiger partial charge in [0.05, 0.1) is 10.5 Å². The van der Waals surface area contributed by atoms with Crippen molar-refractivity contribution in [2.24, 2.45) is 0 Å². The summed E-state index contributed by atoms with van der Waals surface area (Å²) in [4.78, 5) is 12.5. The van der Waals surface area contributed by atoms with Crippen LogP contribution < -0.4 is 9.64 Å². The van der Waals surface area contributed by atoms with E-state index in [2.05, 4.69) is 4.74 Å². The molecule has 1 N–H and O–H groups in total. The monoisotopic (exact) mass is 382 g/mol. The van der Waals surface area contributed by atoms with Crippen LogP contribution in [0.4, 0.5) is 24.5 Å². The molecule has 9 heteroatoms. The maximum Gasteiger partial charge on any atom is 0.573 e. The molecule has 0 spiro atoms. The van der Waals surface area contributed by atoms with Crippen molar-refractivity contribution >= 4 is 11.4 Å². The highest BCUT2D eigenvalue weighted by Gasteiger charge is 2.37. The van der Waals surface area contributed by atoms with Crippen LogP contribution in [0.25, 0.3) is 0 Å². The predicted molar refractivity (Wildman–Crippen MR) is 91.6 cm³/mol. The van der Waals surface area contributed by atoms with Crippen LogP contribution in [-0.4, -0.2) is 29.5 Å². The second-order valence-electron chi connectivity index (χ2n) is 6.34. The molecule has 144 valence electrons. The molecule has 2 aromatic carbocycles. The van der Waals surface area contributed by atoms with Gasteiger partial charge in [0.2, 0.25) is 0 Å². The first kappa shape index (κ1) is 19.0. The molecule has 0 saturated carbocycles. The van der Waals surface area contributed by atoms with Crippen molar-refractivity contribution in [1.29, 1.82) is 0 Å². The third-order valence-corrected chi connectivity index (χ3v) is 4.61. The molecule has 0 bridgehead atoms. The molecule has 0 atom stereocenters. The first-order valence-electron chi connectivity index (χ1n) is 8.25. The summed E-state index contributed by atoms with van der Waals surface area (Å²) in [6.07, 6.45) is -4.38. The summed E-state index contributed by atoms with van der Waals surface area (Å²) in [5, 5.41) is 22.1. The van der Waals surface area contributed by atoms with Crippen molar-refractivity contribution < 1.29 is 27.9 Å². The number of ether oxygens (including phenoxy) is 1. The summed E-state index contributed by atoms with van der Waals surface area (Å²) in [6, 6.07) is 11.6. The molecular weight excluding hydrogens is 365 g/mol. The maximum absolute atomic E-state index is 12.4. The van der Waals surface area contributed by atoms with Crippen LogP contribution in [-0.2, 0) is 5.60 Å². The number of para-hydroxylation sites is 2. The normalized spacial score (nSPS) is 16.8. The number of anilines is 1. The van der Waals surface area contributed by atoms with Gasteiger partial charge in [0.25, 0.3) is 5.69 Å². The standard InChI is InChI=1S/C18H17F3N2O4/c19-18(20,21)27-14-5-3-4-13(12-14)17(24)8-10-22(11-9-17)15-6-1-2-7-16(15)23(25)26/h1-7,12,24H,8-11H2. The molecule has 1 aliphatic heterocycles. The Kier molecular flexibility index (Phi) is 4.97. The third-order valence-electron chi connectivity index (χ3n) is 4.61. The largest absolute Gasteiger partial charge is 0.573 e. The van der Waals surface area contributed by atoms with E-state index < -0.39 is 22.6 Å². The van der Waals surface area contributed by atoms with E-state index in [1.54, 1.807) is 29.2 Å². The third kappa shape index (κ3) is 4.30. The van der Waals surface area contributed by atoms with Gasteiger partial charge >= 0.3 is 6.36 Å². The van der Waals surface area contributed by atoms with Gasteiger partial charge in [-0.3, -0.25) is 10.1 Å². The molecule has 6 nitrogen and oxygen atoms in total. The molecule has 27 heavy (non-hydrogen) atoms. The van der Waals surface area contributed by atoms with Gasteiger partial charge < -0.3 is 14.7 Å². The number of alkyl halides is 3. The number of halogens is 3. The lowest BCUT2D eigenvalue weighted by Crippen LogP contribution is -2.42. The number of benzene rings is 2. The highest BCUT2D eigenvalue weighted by molar-refractivity contribution is 5.63. The average molecular weight is 382 g/mol. The van der Waals surface area contributed by atoms with Gasteiger partial charge in [0, 0.05) is 19.2 Å². The van der Waals surface area contributed by atoms with E-state index in [4.69, 9.17) is 0 Å². The molecule has 0 amide bonds. The summed E-state index contributed by atoms with van der Waals surface area (Å²) >= 11 is 0. The Balaban J connectivity index is 1.77. The minimum atomic E-state index is -4.81. The Bertz CT molecular complexity index is 833. The van der Waals surface area contributed by atoms with Crippen LogP contribution in [0.3, 0.4) is 0 Å². The quantitative estimate of drug-likeness (QED) is 0.639. The van der Waals surface area contributed by atoms with E-state index in [1.807, 2.05) is 0 Å². The van der Waals surface area contributed by atoms with Crippen molar-refractivity contribution in [2.45, 2.75) is 24.8 Å². The molecule has 3 rings (SSSR count). The Hall–Kier alpha value is -2.81. The van der Waals surface area contributed by atoms with E-state index in [-0.39, 0.29) is 18.5 Å². The lowest BCUT2D eigenvalue weighted by molar-refractivity contribution is -0.384. The minimum absolute atomic E-state index is 0.0245. The van der Waals surface area contributed by atoms with Gasteiger partial charge in [-0.1, -0.05) is 24.3 Å². The smallest absolute Gasteiger partial charge is 0.406 e. The molecule has 0 aromatic heterocycles. The molecule has 0 radical (unpaired) electrons. The van der Waals surface area contributed by atoms with Crippen molar-refractivity contribution in [1.82, 2.24) is 0 Å². The Morgan fingerprint density at radius 3 is 2.41 bits per heavy atom. The van der Waals surface area contributed by atoms with Gasteiger partial charge in [-0.15, -0.1) is 13.2 Å². The average Bonchev–Trinajstić information content (AvgIpc) is 2.61. The summed E-state index contributed by atoms with van der Waals surface area (Å²) in [5.41, 5.74) is -0.570. The van der Waals surface area contributed by atoms with E-state index in [0.29, 0.717) is 24.3 Å². The van der Waals surface area contributed by atoms with Crippen LogP contribution in [0.5, 0.6) is 5.75 Å². The second-order valence-corrected chi connectivity index (χ2v) is 6.34. The zero-order chi connectivity index (χ0) is 19.7. The van der Waals surface area contributed by atoms with Gasteiger partial charge in [0.1, 0.15) is 11.4 Å². The SMILES string of the molecule is O=[N+]([O-])c1ccccc1N1CCC(O)(c2cccc(OC(F)(F)F)c2)CC1. The molecule has 0 unspecified atom stereocenters. The molecule has 2 aromatic rings. The van der Waals surface area contributed by atoms with Crippen molar-refractivity contribution in [3.63, 3.8) is 0 Å². The fourth-order valence-corrected chi connectivity index (χ4v) is 3.27. The molecule has 1 fully saturated rings. The lowest BCUT2D eigenvalue weighted by Gasteiger charge is -2.39. The summed E-state index contributed by atoms with van der Waals surface area (Å²) in [5.74, 6) is -0.394. The Labute approximate surface area is 152 Å². The van der Waals surface area contributed by atoms with Crippen molar-refractivity contribution in [3.8, 4) is 5.75 Å². The highest BCUT2D eigenvalue weighted by Crippen LogP contribution is 2.38. The van der Waals surface area contributed by atoms with Gasteiger partial charge in [-0.25, -0.2) is 0 Å². The zero-order valence-corrected chi connectivity index (χ0v) is 14.1. The maximum atomic E-state index is 12.4. The van der Waals surface area contributed by atoms with Gasteiger partial charge in [-0.2, -0.15) is 0 Å². The van der Waals surface area contributed by atoms with Crippen LogP contribution in [0.15, 0.2) is 48.5 Å². The first-order chi connectivity index (χ1) is 12.7. The van der Waals surface area contributed by atoms with Crippen LogP contribution in [0.1, 0.15) is 18.4 Å². The van der Waals surface area contributed by atoms with Crippen LogP contribution >= 0.6 is 0 Å². The Morgan fingerprint density at radius 1 is 1.11 bits per heavy atom. The molecule has 1 aliphatic rings. The number of rotatable bonds is 4. The molecule has 0 aliphatic carbocycles. The lowest BCUT2D eigenvalue weighted by atomic mass is 9.84. The number of nitro groups is 1. The zero-order valence-electron chi connectivity index (χ0n) is 14.1. The van der Waals surface area contributed by atoms with E-state index in [1.165, 1.54) is 24.3 Å². The number of hydrogen-bond donors (Lipinski definition) is 1. The van der Waals surface area contributed by atoms with Crippen LogP contribution in [0.2, 0.25) is 0 Å². The second kappa shape index (κ2) is 7.07. The van der Waals surface area contributed by atoms with Gasteiger partial charge in [0.15, 0.2) is 0 Å². The van der Waals surface area contributed by atoms with E-state index >= 15 is 0 Å². The number of piperidine rings is 1. The number of nitrogens with zero attached hydrogens (tertiary/aromatic N) is 2. The van der Waals surface area contributed by atoms with Crippen LogP contribution in [0, 0.1) is 10.1 Å². The fraction of sp³-hybridized carbons (Fsp3) is 0.333. The summed E-state index contributed by atoms with van der Waals surface area (Å²) < 4.78 is 41.1. The summed E-state index contributed by atoms with van der Waals surface area (Å²) in [7, 11) is 0. The fourth-order valence-electron chi connectivity index (χ4n) is 3.27. The molecular formula is C18H17F3N2O4. The van der Waals surface area contributed by atoms with Gasteiger partial charge in [-0.05, 0) is 36.6 Å². The highest BCUT2D eigenvalue weighted by atomic mass is 19.4. The summed E-state index contributed by atoms with van der Waals surface area (Å²) in [6.45, 7) is 0.650. The minimum Gasteiger partial charge on any atom is -0.406 e. The van der Waals surface area contributed by atoms with Crippen molar-refractivity contribution in [2.75, 3.05) is 18.0 Å².